The molecule has 3 nitrogen and oxygen atoms in total. The summed E-state index contributed by atoms with van der Waals surface area (Å²) in [4.78, 5) is 7.13. The van der Waals surface area contributed by atoms with Gasteiger partial charge in [-0.05, 0) is 52.7 Å². The summed E-state index contributed by atoms with van der Waals surface area (Å²) in [6.45, 7) is 7.96. The van der Waals surface area contributed by atoms with Crippen LogP contribution >= 0.6 is 11.8 Å². The van der Waals surface area contributed by atoms with Crippen LogP contribution in [0.1, 0.15) is 26.7 Å². The first-order valence-corrected chi connectivity index (χ1v) is 7.18. The quantitative estimate of drug-likeness (QED) is 0.799. The third-order valence-electron chi connectivity index (χ3n) is 3.35. The summed E-state index contributed by atoms with van der Waals surface area (Å²) in [5.41, 5.74) is 0.232. The van der Waals surface area contributed by atoms with Gasteiger partial charge in [-0.1, -0.05) is 11.8 Å². The first-order valence-electron chi connectivity index (χ1n) is 6.19. The Balaban J connectivity index is 1.77. The SMILES string of the molecule is CN1CCC(CN=C2NC(C)(C)CS2)CC1. The minimum atomic E-state index is 0.232. The Kier molecular flexibility index (Phi) is 3.80. The molecule has 1 N–H and O–H groups in total. The van der Waals surface area contributed by atoms with Crippen LogP contribution in [0, 0.1) is 5.92 Å². The number of piperidine rings is 1. The summed E-state index contributed by atoms with van der Waals surface area (Å²) in [6, 6.07) is 0. The normalized spacial score (nSPS) is 29.6. The van der Waals surface area contributed by atoms with E-state index in [0.717, 1.165) is 23.4 Å². The zero-order valence-electron chi connectivity index (χ0n) is 10.6. The fraction of sp³-hybridized carbons (Fsp3) is 0.917. The molecular formula is C12H23N3S. The van der Waals surface area contributed by atoms with E-state index >= 15 is 0 Å². The van der Waals surface area contributed by atoms with Gasteiger partial charge in [0.05, 0.1) is 0 Å². The van der Waals surface area contributed by atoms with Crippen LogP contribution in [-0.4, -0.2) is 48.0 Å². The van der Waals surface area contributed by atoms with E-state index in [0.29, 0.717) is 0 Å². The molecule has 0 amide bonds. The molecule has 4 heteroatoms. The number of aliphatic imine (C=N–C) groups is 1. The Hall–Kier alpha value is -0.220. The Morgan fingerprint density at radius 2 is 2.12 bits per heavy atom. The van der Waals surface area contributed by atoms with Gasteiger partial charge < -0.3 is 10.2 Å². The van der Waals surface area contributed by atoms with Gasteiger partial charge in [-0.15, -0.1) is 0 Å². The molecule has 2 heterocycles. The topological polar surface area (TPSA) is 27.6 Å². The van der Waals surface area contributed by atoms with Gasteiger partial charge in [0, 0.05) is 17.8 Å². The molecule has 2 aliphatic heterocycles. The summed E-state index contributed by atoms with van der Waals surface area (Å²) >= 11 is 1.87. The van der Waals surface area contributed by atoms with Crippen molar-refractivity contribution in [2.75, 3.05) is 32.4 Å². The Morgan fingerprint density at radius 3 is 2.69 bits per heavy atom. The number of hydrogen-bond donors (Lipinski definition) is 1. The third-order valence-corrected chi connectivity index (χ3v) is 4.72. The van der Waals surface area contributed by atoms with Gasteiger partial charge in [-0.3, -0.25) is 4.99 Å². The van der Waals surface area contributed by atoms with Gasteiger partial charge in [0.2, 0.25) is 0 Å². The van der Waals surface area contributed by atoms with E-state index < -0.39 is 0 Å². The van der Waals surface area contributed by atoms with Crippen molar-refractivity contribution in [3.05, 3.63) is 0 Å². The molecule has 2 aliphatic rings. The molecular weight excluding hydrogens is 218 g/mol. The maximum Gasteiger partial charge on any atom is 0.157 e. The first kappa shape index (κ1) is 12.2. The van der Waals surface area contributed by atoms with Gasteiger partial charge in [-0.2, -0.15) is 0 Å². The van der Waals surface area contributed by atoms with E-state index in [2.05, 4.69) is 31.1 Å². The van der Waals surface area contributed by atoms with E-state index in [1.165, 1.54) is 25.9 Å². The first-order chi connectivity index (χ1) is 7.55. The highest BCUT2D eigenvalue weighted by Crippen LogP contribution is 2.23. The molecule has 0 unspecified atom stereocenters. The number of amidine groups is 1. The predicted molar refractivity (Wildman–Crippen MR) is 72.2 cm³/mol. The van der Waals surface area contributed by atoms with Crippen molar-refractivity contribution in [1.82, 2.24) is 10.2 Å². The number of thioether (sulfide) groups is 1. The monoisotopic (exact) mass is 241 g/mol. The van der Waals surface area contributed by atoms with Crippen molar-refractivity contribution in [3.63, 3.8) is 0 Å². The zero-order chi connectivity index (χ0) is 11.6. The summed E-state index contributed by atoms with van der Waals surface area (Å²) in [7, 11) is 2.21. The summed E-state index contributed by atoms with van der Waals surface area (Å²) in [5.74, 6) is 1.94. The molecule has 2 rings (SSSR count). The molecule has 0 aromatic rings. The number of nitrogens with one attached hydrogen (secondary N) is 1. The molecule has 0 bridgehead atoms. The van der Waals surface area contributed by atoms with E-state index in [1.807, 2.05) is 11.8 Å². The van der Waals surface area contributed by atoms with Crippen molar-refractivity contribution in [2.45, 2.75) is 32.2 Å². The van der Waals surface area contributed by atoms with Gasteiger partial charge in [0.15, 0.2) is 5.17 Å². The lowest BCUT2D eigenvalue weighted by Gasteiger charge is -2.27. The molecule has 0 aromatic heterocycles. The van der Waals surface area contributed by atoms with Crippen molar-refractivity contribution in [3.8, 4) is 0 Å². The standard InChI is InChI=1S/C12H23N3S/c1-12(2)9-16-11(14-12)13-8-10-4-6-15(3)7-5-10/h10H,4-9H2,1-3H3,(H,13,14). The molecule has 2 fully saturated rings. The van der Waals surface area contributed by atoms with Gasteiger partial charge in [0.1, 0.15) is 0 Å². The minimum absolute atomic E-state index is 0.232. The highest BCUT2D eigenvalue weighted by molar-refractivity contribution is 8.14. The second kappa shape index (κ2) is 4.96. The molecule has 92 valence electrons. The number of hydrogen-bond acceptors (Lipinski definition) is 3. The van der Waals surface area contributed by atoms with Crippen LogP contribution in [0.15, 0.2) is 4.99 Å². The lowest BCUT2D eigenvalue weighted by Crippen LogP contribution is -2.37. The fourth-order valence-electron chi connectivity index (χ4n) is 2.15. The lowest BCUT2D eigenvalue weighted by atomic mass is 9.97. The second-order valence-corrected chi connectivity index (χ2v) is 6.65. The second-order valence-electron chi connectivity index (χ2n) is 5.69. The van der Waals surface area contributed by atoms with Crippen LogP contribution in [0.5, 0.6) is 0 Å². The Bertz CT molecular complexity index is 267. The molecule has 0 atom stereocenters. The predicted octanol–water partition coefficient (Wildman–Crippen LogP) is 1.80. The highest BCUT2D eigenvalue weighted by Gasteiger charge is 2.27. The molecule has 16 heavy (non-hydrogen) atoms. The van der Waals surface area contributed by atoms with E-state index in [9.17, 15) is 0 Å². The van der Waals surface area contributed by atoms with Crippen molar-refractivity contribution in [2.24, 2.45) is 10.9 Å². The van der Waals surface area contributed by atoms with Gasteiger partial charge in [-0.25, -0.2) is 0 Å². The Labute approximate surface area is 103 Å². The minimum Gasteiger partial charge on any atom is -0.359 e. The highest BCUT2D eigenvalue weighted by atomic mass is 32.2. The van der Waals surface area contributed by atoms with Crippen LogP contribution in [0.25, 0.3) is 0 Å². The molecule has 0 aliphatic carbocycles. The fourth-order valence-corrected chi connectivity index (χ4v) is 3.24. The van der Waals surface area contributed by atoms with Crippen molar-refractivity contribution >= 4 is 16.9 Å². The smallest absolute Gasteiger partial charge is 0.157 e. The van der Waals surface area contributed by atoms with Crippen molar-refractivity contribution in [1.29, 1.82) is 0 Å². The van der Waals surface area contributed by atoms with Gasteiger partial charge in [0.25, 0.3) is 0 Å². The van der Waals surface area contributed by atoms with Crippen LogP contribution in [0.3, 0.4) is 0 Å². The Morgan fingerprint density at radius 1 is 1.44 bits per heavy atom. The third kappa shape index (κ3) is 3.39. The largest absolute Gasteiger partial charge is 0.359 e. The molecule has 0 saturated carbocycles. The van der Waals surface area contributed by atoms with E-state index in [-0.39, 0.29) is 5.54 Å². The molecule has 0 spiro atoms. The molecule has 0 aromatic carbocycles. The number of nitrogens with zero attached hydrogens (tertiary/aromatic N) is 2. The molecule has 2 saturated heterocycles. The van der Waals surface area contributed by atoms with Crippen LogP contribution < -0.4 is 5.32 Å². The van der Waals surface area contributed by atoms with Crippen molar-refractivity contribution < 1.29 is 0 Å². The van der Waals surface area contributed by atoms with E-state index in [4.69, 9.17) is 4.99 Å². The average molecular weight is 241 g/mol. The summed E-state index contributed by atoms with van der Waals surface area (Å²) < 4.78 is 0. The maximum atomic E-state index is 4.72. The van der Waals surface area contributed by atoms with E-state index in [1.54, 1.807) is 0 Å². The summed E-state index contributed by atoms with van der Waals surface area (Å²) in [6.07, 6.45) is 2.61. The average Bonchev–Trinajstić information content (AvgIpc) is 2.58. The lowest BCUT2D eigenvalue weighted by molar-refractivity contribution is 0.224. The van der Waals surface area contributed by atoms with Gasteiger partial charge >= 0.3 is 0 Å². The van der Waals surface area contributed by atoms with Crippen LogP contribution in [0.4, 0.5) is 0 Å². The zero-order valence-corrected chi connectivity index (χ0v) is 11.4. The van der Waals surface area contributed by atoms with Crippen LogP contribution in [0.2, 0.25) is 0 Å². The molecule has 0 radical (unpaired) electrons. The van der Waals surface area contributed by atoms with Crippen LogP contribution in [-0.2, 0) is 0 Å². The number of likely N-dealkylation sites (tertiary alicyclic amines) is 1. The summed E-state index contributed by atoms with van der Waals surface area (Å²) in [5, 5.41) is 4.64. The maximum absolute atomic E-state index is 4.72. The number of rotatable bonds is 2.